The maximum Gasteiger partial charge on any atom is 0.135 e. The van der Waals surface area contributed by atoms with Gasteiger partial charge in [-0.3, -0.25) is 0 Å². The fraction of sp³-hybridized carbons (Fsp3) is 0. The predicted octanol–water partition coefficient (Wildman–Crippen LogP) is 15.4. The van der Waals surface area contributed by atoms with Crippen LogP contribution in [0.25, 0.3) is 109 Å². The Morgan fingerprint density at radius 3 is 1.47 bits per heavy atom. The molecule has 11 aromatic rings. The molecule has 0 saturated heterocycles. The van der Waals surface area contributed by atoms with Gasteiger partial charge in [-0.25, -0.2) is 0 Å². The summed E-state index contributed by atoms with van der Waals surface area (Å²) < 4.78 is 6.55. The summed E-state index contributed by atoms with van der Waals surface area (Å²) >= 11 is 0. The Bertz CT molecular complexity index is 3290. The highest BCUT2D eigenvalue weighted by molar-refractivity contribution is 6.33. The molecule has 1 heteroatoms. The van der Waals surface area contributed by atoms with Crippen LogP contribution in [-0.4, -0.2) is 0 Å². The van der Waals surface area contributed by atoms with Crippen LogP contribution >= 0.6 is 0 Å². The predicted molar refractivity (Wildman–Crippen MR) is 233 cm³/mol. The van der Waals surface area contributed by atoms with Crippen LogP contribution in [0, 0.1) is 0 Å². The van der Waals surface area contributed by atoms with E-state index in [1.54, 1.807) is 0 Å². The number of fused-ring (bicyclic) bond motifs is 10. The van der Waals surface area contributed by atoms with Crippen LogP contribution in [-0.2, 0) is 0 Å². The van der Waals surface area contributed by atoms with Gasteiger partial charge in [-0.15, -0.1) is 0 Å². The van der Waals surface area contributed by atoms with Crippen LogP contribution in [0.2, 0.25) is 0 Å². The van der Waals surface area contributed by atoms with Crippen LogP contribution in [0.4, 0.5) is 0 Å². The van der Waals surface area contributed by atoms with Crippen molar-refractivity contribution in [3.63, 3.8) is 0 Å². The molecule has 0 saturated carbocycles. The van der Waals surface area contributed by atoms with Gasteiger partial charge in [-0.2, -0.15) is 0 Å². The van der Waals surface area contributed by atoms with Gasteiger partial charge in [0, 0.05) is 10.9 Å². The fourth-order valence-corrected chi connectivity index (χ4v) is 9.54. The molecule has 0 amide bonds. The largest absolute Gasteiger partial charge is 0.456 e. The molecule has 0 atom stereocenters. The second-order valence-electron chi connectivity index (χ2n) is 14.7. The van der Waals surface area contributed by atoms with Crippen molar-refractivity contribution in [2.45, 2.75) is 0 Å². The third kappa shape index (κ3) is 4.35. The fourth-order valence-electron chi connectivity index (χ4n) is 9.54. The molecule has 1 aliphatic heterocycles. The number of hydrogen-bond donors (Lipinski definition) is 0. The summed E-state index contributed by atoms with van der Waals surface area (Å²) in [6.45, 7) is 0. The molecular weight excluding hydrogens is 665 g/mol. The van der Waals surface area contributed by atoms with E-state index in [1.165, 1.54) is 104 Å². The molecule has 0 N–H and O–H groups in total. The summed E-state index contributed by atoms with van der Waals surface area (Å²) in [6.07, 6.45) is 0. The first kappa shape index (κ1) is 30.3. The lowest BCUT2D eigenvalue weighted by Gasteiger charge is -2.24. The Hall–Kier alpha value is -7.22. The quantitative estimate of drug-likeness (QED) is 0.132. The van der Waals surface area contributed by atoms with E-state index in [1.807, 2.05) is 0 Å². The molecule has 0 spiro atoms. The van der Waals surface area contributed by atoms with E-state index >= 15 is 0 Å². The molecule has 1 aliphatic rings. The normalized spacial score (nSPS) is 12.1. The third-order valence-corrected chi connectivity index (χ3v) is 11.8. The zero-order chi connectivity index (χ0) is 36.0. The minimum absolute atomic E-state index is 0.891. The summed E-state index contributed by atoms with van der Waals surface area (Å²) in [4.78, 5) is 0. The van der Waals surface area contributed by atoms with Crippen molar-refractivity contribution < 1.29 is 4.74 Å². The summed E-state index contributed by atoms with van der Waals surface area (Å²) in [5, 5.41) is 14.9. The maximum atomic E-state index is 6.55. The standard InChI is InChI=1S/C54H32O/c1-2-14-33(15-3-1)36-29-30-46-39-20-5-4-18-37(39)38-19-6-7-21-40(38)52(46)54(36)53-43-24-10-8-22-41(43)50(42-23-9-11-25-44(42)53)35-28-31-48-47(32-35)45-26-12-16-34-17-13-27-49(55-48)51(34)45/h1-32H. The second-order valence-corrected chi connectivity index (χ2v) is 14.7. The molecule has 0 radical (unpaired) electrons. The Labute approximate surface area is 318 Å². The molecule has 1 nitrogen and oxygen atoms in total. The van der Waals surface area contributed by atoms with E-state index < -0.39 is 0 Å². The molecule has 55 heavy (non-hydrogen) atoms. The van der Waals surface area contributed by atoms with E-state index in [2.05, 4.69) is 194 Å². The van der Waals surface area contributed by atoms with Crippen molar-refractivity contribution in [3.05, 3.63) is 194 Å². The van der Waals surface area contributed by atoms with Crippen LogP contribution in [0.3, 0.4) is 0 Å². The molecule has 12 rings (SSSR count). The van der Waals surface area contributed by atoms with E-state index in [4.69, 9.17) is 4.74 Å². The van der Waals surface area contributed by atoms with Gasteiger partial charge in [-0.05, 0) is 116 Å². The molecule has 1 heterocycles. The smallest absolute Gasteiger partial charge is 0.135 e. The lowest BCUT2D eigenvalue weighted by molar-refractivity contribution is 0.487. The Morgan fingerprint density at radius 1 is 0.255 bits per heavy atom. The van der Waals surface area contributed by atoms with E-state index in [-0.39, 0.29) is 0 Å². The highest BCUT2D eigenvalue weighted by Crippen LogP contribution is 2.53. The average Bonchev–Trinajstić information content (AvgIpc) is 3.26. The first-order valence-corrected chi connectivity index (χ1v) is 19.0. The molecule has 11 aromatic carbocycles. The zero-order valence-electron chi connectivity index (χ0n) is 29.9. The van der Waals surface area contributed by atoms with E-state index in [0.29, 0.717) is 0 Å². The van der Waals surface area contributed by atoms with Crippen LogP contribution in [0.1, 0.15) is 0 Å². The van der Waals surface area contributed by atoms with Gasteiger partial charge in [0.2, 0.25) is 0 Å². The number of hydrogen-bond acceptors (Lipinski definition) is 1. The third-order valence-electron chi connectivity index (χ3n) is 11.8. The van der Waals surface area contributed by atoms with Gasteiger partial charge < -0.3 is 4.74 Å². The summed E-state index contributed by atoms with van der Waals surface area (Å²) in [7, 11) is 0. The van der Waals surface area contributed by atoms with Gasteiger partial charge in [0.1, 0.15) is 11.5 Å². The molecule has 0 unspecified atom stereocenters. The molecule has 0 aromatic heterocycles. The summed E-state index contributed by atoms with van der Waals surface area (Å²) in [6, 6.07) is 71.1. The highest BCUT2D eigenvalue weighted by atomic mass is 16.5. The van der Waals surface area contributed by atoms with Gasteiger partial charge >= 0.3 is 0 Å². The van der Waals surface area contributed by atoms with E-state index in [0.717, 1.165) is 17.1 Å². The first-order chi connectivity index (χ1) is 27.3. The van der Waals surface area contributed by atoms with Crippen molar-refractivity contribution in [2.75, 3.05) is 0 Å². The number of benzene rings is 11. The second kappa shape index (κ2) is 11.6. The highest BCUT2D eigenvalue weighted by Gasteiger charge is 2.25. The Balaban J connectivity index is 1.24. The summed E-state index contributed by atoms with van der Waals surface area (Å²) in [5.74, 6) is 1.81. The minimum Gasteiger partial charge on any atom is -0.456 e. The SMILES string of the molecule is c1ccc(-c2ccc3c4ccccc4c4ccccc4c3c2-c2c3ccccc3c(-c3ccc4c(c3)-c3cccc5cccc(c35)O4)c3ccccc23)cc1. The van der Waals surface area contributed by atoms with Gasteiger partial charge in [0.15, 0.2) is 0 Å². The molecule has 0 fully saturated rings. The van der Waals surface area contributed by atoms with Crippen molar-refractivity contribution >= 4 is 64.6 Å². The maximum absolute atomic E-state index is 6.55. The molecule has 254 valence electrons. The van der Waals surface area contributed by atoms with E-state index in [9.17, 15) is 0 Å². The zero-order valence-corrected chi connectivity index (χ0v) is 29.9. The Morgan fingerprint density at radius 2 is 0.800 bits per heavy atom. The van der Waals surface area contributed by atoms with Gasteiger partial charge in [-0.1, -0.05) is 176 Å². The van der Waals surface area contributed by atoms with Crippen LogP contribution in [0.15, 0.2) is 194 Å². The van der Waals surface area contributed by atoms with Crippen molar-refractivity contribution in [2.24, 2.45) is 0 Å². The van der Waals surface area contributed by atoms with Crippen molar-refractivity contribution in [1.82, 2.24) is 0 Å². The molecular formula is C54H32O. The number of rotatable bonds is 3. The molecule has 0 aliphatic carbocycles. The molecule has 0 bridgehead atoms. The van der Waals surface area contributed by atoms with Gasteiger partial charge in [0.25, 0.3) is 0 Å². The van der Waals surface area contributed by atoms with Gasteiger partial charge in [0.05, 0.1) is 0 Å². The average molecular weight is 697 g/mol. The van der Waals surface area contributed by atoms with Crippen molar-refractivity contribution in [3.8, 4) is 56.0 Å². The monoisotopic (exact) mass is 696 g/mol. The van der Waals surface area contributed by atoms with Crippen LogP contribution < -0.4 is 4.74 Å². The Kier molecular flexibility index (Phi) is 6.40. The lowest BCUT2D eigenvalue weighted by atomic mass is 9.80. The number of ether oxygens (including phenoxy) is 1. The topological polar surface area (TPSA) is 9.23 Å². The first-order valence-electron chi connectivity index (χ1n) is 19.0. The summed E-state index contributed by atoms with van der Waals surface area (Å²) in [5.41, 5.74) is 9.72. The lowest BCUT2D eigenvalue weighted by Crippen LogP contribution is -1.98. The van der Waals surface area contributed by atoms with Crippen molar-refractivity contribution in [1.29, 1.82) is 0 Å². The van der Waals surface area contributed by atoms with Crippen LogP contribution in [0.5, 0.6) is 11.5 Å². The minimum atomic E-state index is 0.891.